The highest BCUT2D eigenvalue weighted by molar-refractivity contribution is 5.78. The average molecular weight is 305 g/mol. The van der Waals surface area contributed by atoms with Crippen molar-refractivity contribution in [2.45, 2.75) is 44.2 Å². The number of piperidine rings is 1. The summed E-state index contributed by atoms with van der Waals surface area (Å²) in [4.78, 5) is 14.0. The van der Waals surface area contributed by atoms with Crippen LogP contribution in [0.25, 0.3) is 0 Å². The Bertz CT molecular complexity index is 694. The average Bonchev–Trinajstić information content (AvgIpc) is 2.62. The van der Waals surface area contributed by atoms with Crippen LogP contribution in [0, 0.1) is 0 Å². The molecule has 1 saturated heterocycles. The van der Waals surface area contributed by atoms with Crippen LogP contribution < -0.4 is 0 Å². The second-order valence-electron chi connectivity index (χ2n) is 6.84. The molecule has 4 rings (SSSR count). The Labute approximate surface area is 138 Å². The van der Waals surface area contributed by atoms with E-state index in [1.807, 2.05) is 6.07 Å². The van der Waals surface area contributed by atoms with Gasteiger partial charge in [-0.25, -0.2) is 0 Å². The fourth-order valence-corrected chi connectivity index (χ4v) is 4.55. The number of benzene rings is 2. The molecule has 0 spiro atoms. The van der Waals surface area contributed by atoms with Gasteiger partial charge < -0.3 is 0 Å². The summed E-state index contributed by atoms with van der Waals surface area (Å²) in [7, 11) is 0. The summed E-state index contributed by atoms with van der Waals surface area (Å²) in [6, 6.07) is 17.7. The molecule has 1 heterocycles. The molecule has 2 aromatic carbocycles. The van der Waals surface area contributed by atoms with Gasteiger partial charge in [0.2, 0.25) is 0 Å². The van der Waals surface area contributed by atoms with Gasteiger partial charge in [0.1, 0.15) is 6.29 Å². The van der Waals surface area contributed by atoms with Crippen LogP contribution in [-0.2, 0) is 13.0 Å². The van der Waals surface area contributed by atoms with E-state index in [1.165, 1.54) is 42.5 Å². The predicted octanol–water partition coefficient (Wildman–Crippen LogP) is 4.19. The van der Waals surface area contributed by atoms with Gasteiger partial charge in [-0.15, -0.1) is 0 Å². The highest BCUT2D eigenvalue weighted by Crippen LogP contribution is 2.41. The van der Waals surface area contributed by atoms with Crippen LogP contribution in [0.15, 0.2) is 48.5 Å². The Hall–Kier alpha value is -1.93. The molecule has 1 aliphatic heterocycles. The maximum atomic E-state index is 11.3. The van der Waals surface area contributed by atoms with Gasteiger partial charge in [-0.3, -0.25) is 9.69 Å². The topological polar surface area (TPSA) is 20.3 Å². The summed E-state index contributed by atoms with van der Waals surface area (Å²) in [5.74, 6) is 0.594. The smallest absolute Gasteiger partial charge is 0.150 e. The molecule has 0 saturated carbocycles. The van der Waals surface area contributed by atoms with Gasteiger partial charge >= 0.3 is 0 Å². The first-order valence-electron chi connectivity index (χ1n) is 8.72. The minimum Gasteiger partial charge on any atom is -0.298 e. The number of fused-ring (bicyclic) bond motifs is 3. The van der Waals surface area contributed by atoms with Crippen molar-refractivity contribution in [1.29, 1.82) is 0 Å². The van der Waals surface area contributed by atoms with E-state index in [1.54, 1.807) is 0 Å². The fourth-order valence-electron chi connectivity index (χ4n) is 4.55. The minimum absolute atomic E-state index is 0.594. The first-order valence-corrected chi connectivity index (χ1v) is 8.72. The van der Waals surface area contributed by atoms with E-state index in [0.29, 0.717) is 12.0 Å². The molecule has 2 aliphatic rings. The lowest BCUT2D eigenvalue weighted by Gasteiger charge is -2.45. The predicted molar refractivity (Wildman–Crippen MR) is 92.8 cm³/mol. The van der Waals surface area contributed by atoms with Crippen molar-refractivity contribution in [3.8, 4) is 0 Å². The Balaban J connectivity index is 1.62. The fraction of sp³-hybridized carbons (Fsp3) is 0.381. The van der Waals surface area contributed by atoms with Crippen molar-refractivity contribution in [2.24, 2.45) is 0 Å². The Morgan fingerprint density at radius 1 is 1.04 bits per heavy atom. The summed E-state index contributed by atoms with van der Waals surface area (Å²) in [6.45, 7) is 2.24. The zero-order valence-corrected chi connectivity index (χ0v) is 13.4. The Kier molecular flexibility index (Phi) is 4.00. The van der Waals surface area contributed by atoms with Crippen molar-refractivity contribution in [1.82, 2.24) is 4.90 Å². The molecule has 1 fully saturated rings. The number of hydrogen-bond acceptors (Lipinski definition) is 2. The van der Waals surface area contributed by atoms with Crippen LogP contribution in [0.2, 0.25) is 0 Å². The van der Waals surface area contributed by atoms with Crippen LogP contribution in [-0.4, -0.2) is 23.8 Å². The van der Waals surface area contributed by atoms with Gasteiger partial charge in [0, 0.05) is 18.2 Å². The molecule has 2 nitrogen and oxygen atoms in total. The molecule has 23 heavy (non-hydrogen) atoms. The van der Waals surface area contributed by atoms with Crippen molar-refractivity contribution in [2.75, 3.05) is 6.54 Å². The molecule has 0 unspecified atom stereocenters. The maximum Gasteiger partial charge on any atom is 0.150 e. The molecule has 0 radical (unpaired) electrons. The van der Waals surface area contributed by atoms with E-state index < -0.39 is 0 Å². The lowest BCUT2D eigenvalue weighted by atomic mass is 9.73. The molecule has 118 valence electrons. The SMILES string of the molecule is O=Cc1cccc2c1CC[C@@H]1[C@H]2CCCN1Cc1ccccc1. The van der Waals surface area contributed by atoms with E-state index in [2.05, 4.69) is 47.4 Å². The first kappa shape index (κ1) is 14.6. The summed E-state index contributed by atoms with van der Waals surface area (Å²) in [5, 5.41) is 0. The van der Waals surface area contributed by atoms with Gasteiger partial charge in [-0.1, -0.05) is 48.5 Å². The van der Waals surface area contributed by atoms with E-state index in [-0.39, 0.29) is 0 Å². The molecule has 0 bridgehead atoms. The van der Waals surface area contributed by atoms with Crippen molar-refractivity contribution >= 4 is 6.29 Å². The first-order chi connectivity index (χ1) is 11.4. The number of carbonyl (C=O) groups excluding carboxylic acids is 1. The van der Waals surface area contributed by atoms with Crippen LogP contribution >= 0.6 is 0 Å². The third-order valence-corrected chi connectivity index (χ3v) is 5.59. The van der Waals surface area contributed by atoms with Gasteiger partial charge in [0.05, 0.1) is 0 Å². The third-order valence-electron chi connectivity index (χ3n) is 5.59. The minimum atomic E-state index is 0.594. The zero-order valence-electron chi connectivity index (χ0n) is 13.4. The molecule has 0 N–H and O–H groups in total. The number of likely N-dealkylation sites (tertiary alicyclic amines) is 1. The number of nitrogens with zero attached hydrogens (tertiary/aromatic N) is 1. The number of aldehydes is 1. The second kappa shape index (κ2) is 6.29. The van der Waals surface area contributed by atoms with Crippen molar-refractivity contribution in [3.05, 3.63) is 70.8 Å². The normalized spacial score (nSPS) is 23.8. The Morgan fingerprint density at radius 3 is 2.74 bits per heavy atom. The molecule has 0 amide bonds. The Morgan fingerprint density at radius 2 is 1.91 bits per heavy atom. The van der Waals surface area contributed by atoms with Crippen LogP contribution in [0.4, 0.5) is 0 Å². The van der Waals surface area contributed by atoms with Crippen molar-refractivity contribution in [3.63, 3.8) is 0 Å². The third kappa shape index (κ3) is 2.72. The van der Waals surface area contributed by atoms with Crippen LogP contribution in [0.3, 0.4) is 0 Å². The van der Waals surface area contributed by atoms with Crippen molar-refractivity contribution < 1.29 is 4.79 Å². The van der Waals surface area contributed by atoms with Crippen LogP contribution in [0.1, 0.15) is 52.2 Å². The largest absolute Gasteiger partial charge is 0.298 e. The lowest BCUT2D eigenvalue weighted by Crippen LogP contribution is -2.46. The molecule has 2 atom stereocenters. The number of carbonyl (C=O) groups is 1. The van der Waals surface area contributed by atoms with E-state index in [0.717, 1.165) is 24.8 Å². The number of rotatable bonds is 3. The van der Waals surface area contributed by atoms with Gasteiger partial charge in [0.15, 0.2) is 0 Å². The summed E-state index contributed by atoms with van der Waals surface area (Å²) in [5.41, 5.74) is 5.05. The lowest BCUT2D eigenvalue weighted by molar-refractivity contribution is 0.104. The maximum absolute atomic E-state index is 11.3. The van der Waals surface area contributed by atoms with E-state index in [9.17, 15) is 4.79 Å². The molecule has 2 heteroatoms. The highest BCUT2D eigenvalue weighted by atomic mass is 16.1. The van der Waals surface area contributed by atoms with E-state index in [4.69, 9.17) is 0 Å². The standard InChI is InChI=1S/C21H23NO/c23-15-17-8-4-9-19-18(17)11-12-21-20(19)10-5-13-22(21)14-16-6-2-1-3-7-16/h1-4,6-9,15,20-21H,5,10-14H2/t20-,21+/m0/s1. The quantitative estimate of drug-likeness (QED) is 0.792. The molecule has 0 aromatic heterocycles. The summed E-state index contributed by atoms with van der Waals surface area (Å²) >= 11 is 0. The molecular weight excluding hydrogens is 282 g/mol. The summed E-state index contributed by atoms with van der Waals surface area (Å²) in [6.07, 6.45) is 5.75. The monoisotopic (exact) mass is 305 g/mol. The second-order valence-corrected chi connectivity index (χ2v) is 6.84. The van der Waals surface area contributed by atoms with Crippen LogP contribution in [0.5, 0.6) is 0 Å². The molecule has 2 aromatic rings. The molecular formula is C21H23NO. The molecule has 1 aliphatic carbocycles. The van der Waals surface area contributed by atoms with Gasteiger partial charge in [-0.2, -0.15) is 0 Å². The highest BCUT2D eigenvalue weighted by Gasteiger charge is 2.36. The van der Waals surface area contributed by atoms with Gasteiger partial charge in [0.25, 0.3) is 0 Å². The number of hydrogen-bond donors (Lipinski definition) is 0. The summed E-state index contributed by atoms with van der Waals surface area (Å²) < 4.78 is 0. The van der Waals surface area contributed by atoms with E-state index >= 15 is 0 Å². The van der Waals surface area contributed by atoms with Gasteiger partial charge in [-0.05, 0) is 54.8 Å². The zero-order chi connectivity index (χ0) is 15.6.